The molecule has 0 aliphatic heterocycles. The van der Waals surface area contributed by atoms with Gasteiger partial charge in [0.15, 0.2) is 0 Å². The number of terminal acetylenes is 1. The molecule has 0 bridgehead atoms. The minimum absolute atomic E-state index is 0.0579. The Kier molecular flexibility index (Phi) is 25.3. The van der Waals surface area contributed by atoms with Gasteiger partial charge in [0.25, 0.3) is 0 Å². The van der Waals surface area contributed by atoms with Gasteiger partial charge >= 0.3 is 41.8 Å². The molecule has 5 fully saturated rings. The van der Waals surface area contributed by atoms with Crippen molar-refractivity contribution >= 4 is 41.8 Å². The van der Waals surface area contributed by atoms with Crippen LogP contribution in [-0.2, 0) is 33.6 Å². The molecule has 62 heavy (non-hydrogen) atoms. The predicted molar refractivity (Wildman–Crippen MR) is 230 cm³/mol. The van der Waals surface area contributed by atoms with E-state index < -0.39 is 80.6 Å². The highest BCUT2D eigenvalue weighted by Gasteiger charge is 2.46. The molecule has 0 radical (unpaired) electrons. The quantitative estimate of drug-likeness (QED) is 0.115. The molecule has 0 spiro atoms. The Balaban J connectivity index is 0. The molecule has 0 aromatic heterocycles. The molecule has 0 aromatic carbocycles. The summed E-state index contributed by atoms with van der Waals surface area (Å²) in [7, 11) is 1.62. The number of carboxylic acid groups (broad SMARTS) is 7. The molecule has 1 atom stereocenters. The zero-order valence-corrected chi connectivity index (χ0v) is 36.9. The van der Waals surface area contributed by atoms with Crippen LogP contribution in [0.3, 0.4) is 0 Å². The first-order chi connectivity index (χ1) is 28.3. The highest BCUT2D eigenvalue weighted by Crippen LogP contribution is 2.32. The molecule has 5 aliphatic carbocycles. The average molecular weight is 890 g/mol. The lowest BCUT2D eigenvalue weighted by molar-refractivity contribution is -0.147. The molecular formula is C41H75N7O14. The fourth-order valence-corrected chi connectivity index (χ4v) is 5.70. The van der Waals surface area contributed by atoms with E-state index in [1.54, 1.807) is 20.9 Å². The van der Waals surface area contributed by atoms with Crippen LogP contribution in [-0.4, -0.2) is 123 Å². The Morgan fingerprint density at radius 3 is 0.806 bits per heavy atom. The summed E-state index contributed by atoms with van der Waals surface area (Å²) in [6.45, 7) is 4.60. The van der Waals surface area contributed by atoms with Gasteiger partial charge in [0.05, 0.1) is 0 Å². The van der Waals surface area contributed by atoms with E-state index in [4.69, 9.17) is 76.6 Å². The number of hydrogen-bond donors (Lipinski definition) is 14. The van der Waals surface area contributed by atoms with E-state index in [9.17, 15) is 33.6 Å². The molecule has 21 heteroatoms. The van der Waals surface area contributed by atoms with Gasteiger partial charge in [-0.25, -0.2) is 0 Å². The summed E-state index contributed by atoms with van der Waals surface area (Å²) in [5, 5.41) is 61.9. The number of hydrogen-bond acceptors (Lipinski definition) is 14. The number of nitrogens with two attached hydrogens (primary N) is 6. The van der Waals surface area contributed by atoms with E-state index >= 15 is 0 Å². The van der Waals surface area contributed by atoms with Crippen molar-refractivity contribution in [2.75, 3.05) is 7.05 Å². The maximum atomic E-state index is 10.7. The summed E-state index contributed by atoms with van der Waals surface area (Å²) in [6.07, 6.45) is 21.5. The number of nitrogens with one attached hydrogen (secondary N) is 1. The molecule has 5 aliphatic rings. The molecule has 0 amide bonds. The largest absolute Gasteiger partial charge is 0.480 e. The first-order valence-corrected chi connectivity index (χ1v) is 20.8. The molecule has 5 rings (SSSR count). The standard InChI is InChI=1S/C8H15NO2.C7H13NO2.C6H11NO2.C6H9NO2.C5H9NO2.C5H11NO2.C4H7NO2/c9-8(7(10)11)5-3-1-2-4-6-8;8-7(6(9)10)4-2-1-3-5-7;7-6(5(8)9)3-1-2-4-6;1-3-4-6(2,7)5(8)9;6-5(4(7)8)2-1-3-5;1-5(2,6-3)4(7)8;5-4(1-2-4)3(6)7/h1-6,9H2,(H,10,11);1-5,8H2,(H,9,10);1-4,7H2,(H,8,9);1H,4,7H2,2H3,(H,8,9);1-3,6H2,(H,7,8);6H,1-3H3,(H,7,8);1-2,5H2,(H,6,7)/t;;;6-;;;/m...1.../s1. The molecule has 358 valence electrons. The second-order valence-corrected chi connectivity index (χ2v) is 17.6. The second-order valence-electron chi connectivity index (χ2n) is 17.6. The normalized spacial score (nSPS) is 21.2. The third-order valence-electron chi connectivity index (χ3n) is 11.5. The van der Waals surface area contributed by atoms with E-state index in [-0.39, 0.29) is 6.42 Å². The fourth-order valence-electron chi connectivity index (χ4n) is 5.70. The molecule has 21 nitrogen and oxygen atoms in total. The van der Waals surface area contributed by atoms with Gasteiger partial charge < -0.3 is 75.5 Å². The Labute approximate surface area is 364 Å². The third kappa shape index (κ3) is 21.6. The van der Waals surface area contributed by atoms with Crippen molar-refractivity contribution in [3.63, 3.8) is 0 Å². The van der Waals surface area contributed by atoms with Crippen LogP contribution in [0.1, 0.15) is 156 Å². The molecule has 0 aromatic rings. The van der Waals surface area contributed by atoms with Crippen LogP contribution in [0, 0.1) is 12.3 Å². The summed E-state index contributed by atoms with van der Waals surface area (Å²) in [6, 6.07) is 0. The summed E-state index contributed by atoms with van der Waals surface area (Å²) in [5.41, 5.74) is 26.1. The highest BCUT2D eigenvalue weighted by atomic mass is 16.4. The number of rotatable bonds is 9. The van der Waals surface area contributed by atoms with Crippen LogP contribution in [0.4, 0.5) is 0 Å². The van der Waals surface area contributed by atoms with E-state index in [0.717, 1.165) is 64.2 Å². The van der Waals surface area contributed by atoms with Crippen molar-refractivity contribution < 1.29 is 69.3 Å². The molecule has 20 N–H and O–H groups in total. The lowest BCUT2D eigenvalue weighted by atomic mass is 9.78. The van der Waals surface area contributed by atoms with Gasteiger partial charge in [-0.1, -0.05) is 57.8 Å². The monoisotopic (exact) mass is 890 g/mol. The van der Waals surface area contributed by atoms with Crippen LogP contribution in [0.25, 0.3) is 0 Å². The first-order valence-electron chi connectivity index (χ1n) is 20.8. The molecule has 0 unspecified atom stereocenters. The van der Waals surface area contributed by atoms with Gasteiger partial charge in [-0.15, -0.1) is 12.3 Å². The number of likely N-dealkylation sites (N-methyl/N-ethyl adjacent to an activating group) is 1. The highest BCUT2D eigenvalue weighted by molar-refractivity contribution is 5.82. The summed E-state index contributed by atoms with van der Waals surface area (Å²) < 4.78 is 0. The van der Waals surface area contributed by atoms with Crippen LogP contribution in [0.2, 0.25) is 0 Å². The van der Waals surface area contributed by atoms with Gasteiger partial charge in [-0.05, 0) is 98.4 Å². The van der Waals surface area contributed by atoms with E-state index in [1.165, 1.54) is 6.92 Å². The Morgan fingerprint density at radius 2 is 0.694 bits per heavy atom. The number of carboxylic acids is 7. The van der Waals surface area contributed by atoms with Crippen molar-refractivity contribution in [2.45, 2.75) is 194 Å². The van der Waals surface area contributed by atoms with Crippen molar-refractivity contribution in [1.82, 2.24) is 5.32 Å². The summed E-state index contributed by atoms with van der Waals surface area (Å²) in [5.74, 6) is -3.97. The van der Waals surface area contributed by atoms with E-state index in [1.807, 2.05) is 0 Å². The maximum Gasteiger partial charge on any atom is 0.324 e. The zero-order valence-electron chi connectivity index (χ0n) is 36.9. The van der Waals surface area contributed by atoms with Gasteiger partial charge in [-0.2, -0.15) is 0 Å². The Morgan fingerprint density at radius 1 is 0.468 bits per heavy atom. The van der Waals surface area contributed by atoms with Gasteiger partial charge in [0.1, 0.15) is 38.8 Å². The average Bonchev–Trinajstić information content (AvgIpc) is 3.85. The predicted octanol–water partition coefficient (Wildman–Crippen LogP) is 1.59. The lowest BCUT2D eigenvalue weighted by Gasteiger charge is -2.32. The van der Waals surface area contributed by atoms with E-state index in [0.29, 0.717) is 64.2 Å². The van der Waals surface area contributed by atoms with Crippen LogP contribution < -0.4 is 39.7 Å². The van der Waals surface area contributed by atoms with Crippen molar-refractivity contribution in [3.05, 3.63) is 0 Å². The minimum atomic E-state index is -1.27. The fraction of sp³-hybridized carbons (Fsp3) is 0.780. The van der Waals surface area contributed by atoms with Crippen molar-refractivity contribution in [2.24, 2.45) is 34.4 Å². The van der Waals surface area contributed by atoms with Gasteiger partial charge in [0.2, 0.25) is 0 Å². The van der Waals surface area contributed by atoms with E-state index in [2.05, 4.69) is 11.2 Å². The smallest absolute Gasteiger partial charge is 0.324 e. The van der Waals surface area contributed by atoms with Gasteiger partial charge in [0, 0.05) is 6.42 Å². The second kappa shape index (κ2) is 26.3. The zero-order chi connectivity index (χ0) is 48.8. The van der Waals surface area contributed by atoms with Crippen LogP contribution in [0.5, 0.6) is 0 Å². The summed E-state index contributed by atoms with van der Waals surface area (Å²) in [4.78, 5) is 72.2. The Hall–Kier alpha value is -4.43. The molecule has 0 heterocycles. The Bertz CT molecular complexity index is 1500. The van der Waals surface area contributed by atoms with Gasteiger partial charge in [-0.3, -0.25) is 33.6 Å². The number of aliphatic carboxylic acids is 7. The van der Waals surface area contributed by atoms with Crippen molar-refractivity contribution in [3.8, 4) is 12.3 Å². The third-order valence-corrected chi connectivity index (χ3v) is 11.5. The molecule has 0 saturated heterocycles. The topological polar surface area (TPSA) is 429 Å². The van der Waals surface area contributed by atoms with Crippen LogP contribution >= 0.6 is 0 Å². The first kappa shape index (κ1) is 59.7. The molecular weight excluding hydrogens is 814 g/mol. The van der Waals surface area contributed by atoms with Crippen LogP contribution in [0.15, 0.2) is 0 Å². The maximum absolute atomic E-state index is 10.7. The SMILES string of the molecule is C#CC[C@@](C)(N)C(=O)O.CNC(C)(C)C(=O)O.NC1(C(=O)O)CC1.NC1(C(=O)O)CCC1.NC1(C(=O)O)CCCC1.NC1(C(=O)O)CCCCC1.NC1(C(=O)O)CCCCCC1. The lowest BCUT2D eigenvalue weighted by Crippen LogP contribution is -2.53. The van der Waals surface area contributed by atoms with Crippen molar-refractivity contribution in [1.29, 1.82) is 0 Å². The minimum Gasteiger partial charge on any atom is -0.480 e. The summed E-state index contributed by atoms with van der Waals surface area (Å²) >= 11 is 0. The number of carbonyl (C=O) groups is 7. The molecule has 5 saturated carbocycles.